The summed E-state index contributed by atoms with van der Waals surface area (Å²) in [5, 5.41) is 9.04. The van der Waals surface area contributed by atoms with Crippen LogP contribution in [-0.2, 0) is 16.6 Å². The fourth-order valence-electron chi connectivity index (χ4n) is 2.02. The number of rotatable bonds is 3. The van der Waals surface area contributed by atoms with Crippen LogP contribution < -0.4 is 0 Å². The molecule has 3 aromatic rings. The Morgan fingerprint density at radius 2 is 1.90 bits per heavy atom. The van der Waals surface area contributed by atoms with Gasteiger partial charge in [-0.2, -0.15) is 0 Å². The maximum Gasteiger partial charge on any atom is 0.269 e. The molecule has 2 heterocycles. The lowest BCUT2D eigenvalue weighted by molar-refractivity contribution is 0.277. The van der Waals surface area contributed by atoms with Gasteiger partial charge in [-0.05, 0) is 25.1 Å². The molecule has 108 valence electrons. The molecule has 0 atom stereocenters. The van der Waals surface area contributed by atoms with Crippen molar-refractivity contribution in [3.05, 3.63) is 54.0 Å². The fourth-order valence-corrected chi connectivity index (χ4v) is 3.32. The summed E-state index contributed by atoms with van der Waals surface area (Å²) in [6, 6.07) is 8.17. The lowest BCUT2D eigenvalue weighted by Gasteiger charge is -2.07. The van der Waals surface area contributed by atoms with Crippen LogP contribution in [0, 0.1) is 6.92 Å². The van der Waals surface area contributed by atoms with Crippen molar-refractivity contribution in [3.63, 3.8) is 0 Å². The zero-order valence-corrected chi connectivity index (χ0v) is 12.1. The van der Waals surface area contributed by atoms with E-state index in [0.29, 0.717) is 11.2 Å². The number of nitrogens with zero attached hydrogens (tertiary/aromatic N) is 3. The Hall–Kier alpha value is -2.25. The Morgan fingerprint density at radius 1 is 1.19 bits per heavy atom. The Balaban J connectivity index is 2.17. The molecule has 0 unspecified atom stereocenters. The lowest BCUT2D eigenvalue weighted by Crippen LogP contribution is -2.12. The summed E-state index contributed by atoms with van der Waals surface area (Å²) in [6.07, 6.45) is 2.78. The summed E-state index contributed by atoms with van der Waals surface area (Å²) >= 11 is 0. The quantitative estimate of drug-likeness (QED) is 0.792. The van der Waals surface area contributed by atoms with E-state index in [9.17, 15) is 8.42 Å². The molecule has 0 bridgehead atoms. The van der Waals surface area contributed by atoms with Gasteiger partial charge in [0.25, 0.3) is 10.0 Å². The van der Waals surface area contributed by atoms with Crippen LogP contribution in [0.15, 0.2) is 47.6 Å². The first kappa shape index (κ1) is 13.7. The molecule has 3 rings (SSSR count). The van der Waals surface area contributed by atoms with Gasteiger partial charge in [0.05, 0.1) is 23.4 Å². The molecule has 0 aliphatic heterocycles. The van der Waals surface area contributed by atoms with Gasteiger partial charge >= 0.3 is 0 Å². The standard InChI is InChI=1S/C14H13N3O3S/c1-10-2-4-12(5-3-10)21(19,20)17-7-6-13-14(17)15-8-11(9-18)16-13/h2-8,18H,9H2,1H3. The molecular weight excluding hydrogens is 290 g/mol. The second-order valence-electron chi connectivity index (χ2n) is 4.66. The first-order valence-electron chi connectivity index (χ1n) is 6.28. The molecule has 0 saturated heterocycles. The molecule has 21 heavy (non-hydrogen) atoms. The van der Waals surface area contributed by atoms with Crippen molar-refractivity contribution in [2.75, 3.05) is 0 Å². The molecule has 0 radical (unpaired) electrons. The van der Waals surface area contributed by atoms with Crippen LogP contribution in [-0.4, -0.2) is 27.5 Å². The first-order valence-corrected chi connectivity index (χ1v) is 7.72. The predicted molar refractivity (Wildman–Crippen MR) is 77.2 cm³/mol. The molecule has 7 heteroatoms. The van der Waals surface area contributed by atoms with Gasteiger partial charge in [0, 0.05) is 6.20 Å². The van der Waals surface area contributed by atoms with Crippen molar-refractivity contribution in [1.29, 1.82) is 0 Å². The first-order chi connectivity index (χ1) is 10.0. The molecule has 0 amide bonds. The molecule has 0 fully saturated rings. The Morgan fingerprint density at radius 3 is 2.57 bits per heavy atom. The number of fused-ring (bicyclic) bond motifs is 1. The molecule has 0 aliphatic carbocycles. The van der Waals surface area contributed by atoms with Crippen molar-refractivity contribution in [1.82, 2.24) is 13.9 Å². The van der Waals surface area contributed by atoms with Crippen LogP contribution in [0.5, 0.6) is 0 Å². The Bertz CT molecular complexity index is 899. The van der Waals surface area contributed by atoms with Gasteiger partial charge in [-0.15, -0.1) is 0 Å². The molecule has 2 aromatic heterocycles. The van der Waals surface area contributed by atoms with E-state index in [1.54, 1.807) is 30.3 Å². The average molecular weight is 303 g/mol. The van der Waals surface area contributed by atoms with Crippen molar-refractivity contribution in [2.45, 2.75) is 18.4 Å². The fraction of sp³-hybridized carbons (Fsp3) is 0.143. The van der Waals surface area contributed by atoms with Gasteiger partial charge in [0.15, 0.2) is 5.65 Å². The zero-order valence-electron chi connectivity index (χ0n) is 11.3. The van der Waals surface area contributed by atoms with Crippen LogP contribution in [0.4, 0.5) is 0 Å². The molecule has 1 N–H and O–H groups in total. The van der Waals surface area contributed by atoms with E-state index in [4.69, 9.17) is 5.11 Å². The van der Waals surface area contributed by atoms with E-state index in [0.717, 1.165) is 9.54 Å². The molecule has 6 nitrogen and oxygen atoms in total. The minimum atomic E-state index is -3.71. The Labute approximate surface area is 121 Å². The van der Waals surface area contributed by atoms with E-state index in [2.05, 4.69) is 9.97 Å². The normalized spacial score (nSPS) is 11.9. The number of aryl methyl sites for hydroxylation is 1. The second kappa shape index (κ2) is 4.94. The number of hydrogen-bond acceptors (Lipinski definition) is 5. The molecular formula is C14H13N3O3S. The van der Waals surface area contributed by atoms with Gasteiger partial charge in [-0.3, -0.25) is 0 Å². The molecule has 1 aromatic carbocycles. The number of aromatic nitrogens is 3. The van der Waals surface area contributed by atoms with Crippen molar-refractivity contribution >= 4 is 21.2 Å². The minimum Gasteiger partial charge on any atom is -0.390 e. The Kier molecular flexibility index (Phi) is 3.23. The second-order valence-corrected chi connectivity index (χ2v) is 6.47. The van der Waals surface area contributed by atoms with E-state index in [1.165, 1.54) is 12.4 Å². The van der Waals surface area contributed by atoms with E-state index in [-0.39, 0.29) is 17.1 Å². The number of aliphatic hydroxyl groups is 1. The zero-order chi connectivity index (χ0) is 15.0. The highest BCUT2D eigenvalue weighted by Crippen LogP contribution is 2.20. The molecule has 0 saturated carbocycles. The van der Waals surface area contributed by atoms with Crippen molar-refractivity contribution in [3.8, 4) is 0 Å². The van der Waals surface area contributed by atoms with Gasteiger partial charge in [0.1, 0.15) is 5.52 Å². The van der Waals surface area contributed by atoms with Gasteiger partial charge in [0.2, 0.25) is 0 Å². The number of aliphatic hydroxyl groups excluding tert-OH is 1. The third kappa shape index (κ3) is 2.30. The maximum atomic E-state index is 12.6. The van der Waals surface area contributed by atoms with Crippen LogP contribution in [0.25, 0.3) is 11.2 Å². The van der Waals surface area contributed by atoms with Crippen molar-refractivity contribution < 1.29 is 13.5 Å². The van der Waals surface area contributed by atoms with Crippen LogP contribution in [0.2, 0.25) is 0 Å². The largest absolute Gasteiger partial charge is 0.390 e. The van der Waals surface area contributed by atoms with Gasteiger partial charge in [-0.25, -0.2) is 22.4 Å². The van der Waals surface area contributed by atoms with E-state index < -0.39 is 10.0 Å². The summed E-state index contributed by atoms with van der Waals surface area (Å²) in [5.74, 6) is 0. The highest BCUT2D eigenvalue weighted by molar-refractivity contribution is 7.90. The highest BCUT2D eigenvalue weighted by atomic mass is 32.2. The van der Waals surface area contributed by atoms with E-state index in [1.807, 2.05) is 6.92 Å². The topological polar surface area (TPSA) is 85.1 Å². The van der Waals surface area contributed by atoms with Crippen molar-refractivity contribution in [2.24, 2.45) is 0 Å². The average Bonchev–Trinajstić information content (AvgIpc) is 2.91. The summed E-state index contributed by atoms with van der Waals surface area (Å²) in [5.41, 5.74) is 2.05. The highest BCUT2D eigenvalue weighted by Gasteiger charge is 2.20. The molecule has 0 aliphatic rings. The molecule has 0 spiro atoms. The van der Waals surface area contributed by atoms with E-state index >= 15 is 0 Å². The summed E-state index contributed by atoms with van der Waals surface area (Å²) in [7, 11) is -3.71. The third-order valence-electron chi connectivity index (χ3n) is 3.15. The number of hydrogen-bond donors (Lipinski definition) is 1. The van der Waals surface area contributed by atoms with Gasteiger partial charge in [-0.1, -0.05) is 17.7 Å². The van der Waals surface area contributed by atoms with Crippen LogP contribution in [0.1, 0.15) is 11.3 Å². The van der Waals surface area contributed by atoms with Crippen LogP contribution in [0.3, 0.4) is 0 Å². The third-order valence-corrected chi connectivity index (χ3v) is 4.83. The SMILES string of the molecule is Cc1ccc(S(=O)(=O)n2ccc3nc(CO)cnc32)cc1. The minimum absolute atomic E-state index is 0.193. The summed E-state index contributed by atoms with van der Waals surface area (Å²) < 4.78 is 26.3. The lowest BCUT2D eigenvalue weighted by atomic mass is 10.2. The predicted octanol–water partition coefficient (Wildman–Crippen LogP) is 1.47. The van der Waals surface area contributed by atoms with Crippen LogP contribution >= 0.6 is 0 Å². The maximum absolute atomic E-state index is 12.6. The number of benzene rings is 1. The smallest absolute Gasteiger partial charge is 0.269 e. The monoisotopic (exact) mass is 303 g/mol. The van der Waals surface area contributed by atoms with Gasteiger partial charge < -0.3 is 5.11 Å². The summed E-state index contributed by atoms with van der Waals surface area (Å²) in [4.78, 5) is 8.41. The summed E-state index contributed by atoms with van der Waals surface area (Å²) in [6.45, 7) is 1.65.